The van der Waals surface area contributed by atoms with E-state index in [9.17, 15) is 0 Å². The minimum absolute atomic E-state index is 0.0148. The van der Waals surface area contributed by atoms with E-state index in [0.717, 1.165) is 28.4 Å². The van der Waals surface area contributed by atoms with Crippen molar-refractivity contribution in [2.45, 2.75) is 16.2 Å². The highest BCUT2D eigenvalue weighted by molar-refractivity contribution is 8.01. The van der Waals surface area contributed by atoms with Crippen LogP contribution in [0.4, 0.5) is 0 Å². The normalized spacial score (nSPS) is 16.6. The molecule has 2 unspecified atom stereocenters. The summed E-state index contributed by atoms with van der Waals surface area (Å²) in [5.41, 5.74) is 12.9. The van der Waals surface area contributed by atoms with E-state index in [0.29, 0.717) is 0 Å². The molecule has 0 bridgehead atoms. The molecule has 8 aromatic rings. The zero-order valence-corrected chi connectivity index (χ0v) is 28.0. The van der Waals surface area contributed by atoms with Gasteiger partial charge in [-0.05, 0) is 76.3 Å². The van der Waals surface area contributed by atoms with Gasteiger partial charge in [0.25, 0.3) is 0 Å². The first kappa shape index (κ1) is 29.0. The Morgan fingerprint density at radius 2 is 1.06 bits per heavy atom. The Balaban J connectivity index is 1.12. The predicted molar refractivity (Wildman–Crippen MR) is 210 cm³/mol. The van der Waals surface area contributed by atoms with E-state index in [-0.39, 0.29) is 11.3 Å². The molecule has 236 valence electrons. The number of amidine groups is 1. The van der Waals surface area contributed by atoms with E-state index in [4.69, 9.17) is 9.98 Å². The standard InChI is InChI=1S/C46H31N3S/c1-4-13-30(14-5-1)33-23-25-40-38(28-33)39-29-34(24-26-41(39)49(40)36-19-8-3-9-20-36)32-17-12-18-35(27-32)46-47-43(31-15-6-2-7-16-31)45-44(48-46)37-21-10-11-22-42(37)50-45/h1-29,43,45H. The van der Waals surface area contributed by atoms with Gasteiger partial charge in [-0.25, -0.2) is 4.99 Å². The number of nitrogens with zero attached hydrogens (tertiary/aromatic N) is 3. The van der Waals surface area contributed by atoms with E-state index >= 15 is 0 Å². The highest BCUT2D eigenvalue weighted by Gasteiger charge is 2.39. The lowest BCUT2D eigenvalue weighted by molar-refractivity contribution is 0.771. The molecule has 0 fully saturated rings. The molecule has 0 aliphatic carbocycles. The number of aliphatic imine (C=N–C) groups is 2. The van der Waals surface area contributed by atoms with Crippen molar-refractivity contribution in [3.8, 4) is 27.9 Å². The largest absolute Gasteiger partial charge is 0.309 e. The highest BCUT2D eigenvalue weighted by atomic mass is 32.2. The Labute approximate surface area is 295 Å². The van der Waals surface area contributed by atoms with Gasteiger partial charge in [-0.3, -0.25) is 4.99 Å². The van der Waals surface area contributed by atoms with Gasteiger partial charge in [0.15, 0.2) is 5.84 Å². The summed E-state index contributed by atoms with van der Waals surface area (Å²) >= 11 is 1.88. The van der Waals surface area contributed by atoms with Crippen LogP contribution >= 0.6 is 11.8 Å². The van der Waals surface area contributed by atoms with Crippen LogP contribution in [0.2, 0.25) is 0 Å². The second-order valence-electron chi connectivity index (χ2n) is 12.9. The minimum atomic E-state index is -0.0148. The molecule has 0 saturated heterocycles. The van der Waals surface area contributed by atoms with E-state index in [1.165, 1.54) is 54.5 Å². The number of fused-ring (bicyclic) bond motifs is 6. The monoisotopic (exact) mass is 657 g/mol. The number of benzene rings is 7. The number of hydrogen-bond acceptors (Lipinski definition) is 3. The third-order valence-corrected chi connectivity index (χ3v) is 11.3. The van der Waals surface area contributed by atoms with Crippen LogP contribution in [0.1, 0.15) is 22.7 Å². The number of hydrogen-bond donors (Lipinski definition) is 0. The van der Waals surface area contributed by atoms with Gasteiger partial charge < -0.3 is 4.57 Å². The first-order valence-electron chi connectivity index (χ1n) is 17.1. The van der Waals surface area contributed by atoms with Crippen LogP contribution in [-0.4, -0.2) is 21.4 Å². The van der Waals surface area contributed by atoms with Crippen molar-refractivity contribution in [1.29, 1.82) is 0 Å². The molecular weight excluding hydrogens is 627 g/mol. The number of rotatable bonds is 5. The van der Waals surface area contributed by atoms with E-state index in [1.54, 1.807) is 0 Å². The fourth-order valence-corrected chi connectivity index (χ4v) is 8.92. The van der Waals surface area contributed by atoms with Gasteiger partial charge in [0.05, 0.1) is 28.0 Å². The van der Waals surface area contributed by atoms with E-state index in [1.807, 2.05) is 11.8 Å². The van der Waals surface area contributed by atoms with Crippen molar-refractivity contribution >= 4 is 45.1 Å². The molecule has 1 aromatic heterocycles. The SMILES string of the molecule is c1ccc(-c2ccc3c(c2)c2cc(-c4cccc(C5=NC(c6ccccc6)C6Sc7ccccc7C6=N5)c4)ccc2n3-c2ccccc2)cc1. The molecular formula is C46H31N3S. The summed E-state index contributed by atoms with van der Waals surface area (Å²) < 4.78 is 2.38. The van der Waals surface area contributed by atoms with E-state index < -0.39 is 0 Å². The van der Waals surface area contributed by atoms with Crippen molar-refractivity contribution in [1.82, 2.24) is 4.57 Å². The van der Waals surface area contributed by atoms with Gasteiger partial charge in [-0.1, -0.05) is 127 Å². The smallest absolute Gasteiger partial charge is 0.155 e. The molecule has 0 N–H and O–H groups in total. The lowest BCUT2D eigenvalue weighted by atomic mass is 9.95. The maximum Gasteiger partial charge on any atom is 0.155 e. The van der Waals surface area contributed by atoms with Crippen molar-refractivity contribution in [2.75, 3.05) is 0 Å². The zero-order chi connectivity index (χ0) is 33.0. The molecule has 4 heteroatoms. The maximum atomic E-state index is 5.35. The predicted octanol–water partition coefficient (Wildman–Crippen LogP) is 11.6. The summed E-state index contributed by atoms with van der Waals surface area (Å²) in [6, 6.07) is 63.0. The molecule has 0 amide bonds. The second kappa shape index (κ2) is 11.9. The van der Waals surface area contributed by atoms with Crippen LogP contribution in [0.5, 0.6) is 0 Å². The summed E-state index contributed by atoms with van der Waals surface area (Å²) in [5, 5.41) is 2.62. The quantitative estimate of drug-likeness (QED) is 0.181. The fourth-order valence-electron chi connectivity index (χ4n) is 7.55. The van der Waals surface area contributed by atoms with E-state index in [2.05, 4.69) is 180 Å². The average Bonchev–Trinajstić information content (AvgIpc) is 3.74. The number of para-hydroxylation sites is 1. The second-order valence-corrected chi connectivity index (χ2v) is 14.1. The van der Waals surface area contributed by atoms with Gasteiger partial charge in [-0.2, -0.15) is 0 Å². The highest BCUT2D eigenvalue weighted by Crippen LogP contribution is 2.46. The van der Waals surface area contributed by atoms with Crippen LogP contribution < -0.4 is 0 Å². The van der Waals surface area contributed by atoms with Gasteiger partial charge in [-0.15, -0.1) is 11.8 Å². The molecule has 2 aliphatic rings. The molecule has 3 heterocycles. The summed E-state index contributed by atoms with van der Waals surface area (Å²) in [6.07, 6.45) is 0. The molecule has 10 rings (SSSR count). The van der Waals surface area contributed by atoms with Crippen LogP contribution in [0, 0.1) is 0 Å². The number of thioether (sulfide) groups is 1. The minimum Gasteiger partial charge on any atom is -0.309 e. The van der Waals surface area contributed by atoms with Crippen molar-refractivity contribution in [3.63, 3.8) is 0 Å². The topological polar surface area (TPSA) is 29.6 Å². The Kier molecular flexibility index (Phi) is 6.88. The zero-order valence-electron chi connectivity index (χ0n) is 27.1. The Morgan fingerprint density at radius 3 is 1.80 bits per heavy atom. The Bertz CT molecular complexity index is 2620. The summed E-state index contributed by atoms with van der Waals surface area (Å²) in [4.78, 5) is 11.9. The Morgan fingerprint density at radius 1 is 0.480 bits per heavy atom. The molecule has 7 aromatic carbocycles. The van der Waals surface area contributed by atoms with Crippen LogP contribution in [0.25, 0.3) is 49.7 Å². The first-order chi connectivity index (χ1) is 24.8. The lowest BCUT2D eigenvalue weighted by Crippen LogP contribution is -2.27. The molecule has 50 heavy (non-hydrogen) atoms. The first-order valence-corrected chi connectivity index (χ1v) is 17.9. The third-order valence-electron chi connectivity index (χ3n) is 9.94. The van der Waals surface area contributed by atoms with Gasteiger partial charge in [0.2, 0.25) is 0 Å². The van der Waals surface area contributed by atoms with Crippen molar-refractivity contribution < 1.29 is 0 Å². The van der Waals surface area contributed by atoms with Crippen LogP contribution in [0.15, 0.2) is 191 Å². The van der Waals surface area contributed by atoms with Crippen molar-refractivity contribution in [3.05, 3.63) is 193 Å². The molecule has 0 spiro atoms. The summed E-state index contributed by atoms with van der Waals surface area (Å²) in [7, 11) is 0. The average molecular weight is 658 g/mol. The molecule has 3 nitrogen and oxygen atoms in total. The van der Waals surface area contributed by atoms with Gasteiger partial charge in [0, 0.05) is 32.5 Å². The van der Waals surface area contributed by atoms with Crippen LogP contribution in [0.3, 0.4) is 0 Å². The number of aromatic nitrogens is 1. The summed E-state index contributed by atoms with van der Waals surface area (Å²) in [6.45, 7) is 0. The lowest BCUT2D eigenvalue weighted by Gasteiger charge is -2.25. The summed E-state index contributed by atoms with van der Waals surface area (Å²) in [5.74, 6) is 0.790. The molecule has 2 atom stereocenters. The Hall–Kier alpha value is -5.97. The van der Waals surface area contributed by atoms with Gasteiger partial charge in [0.1, 0.15) is 0 Å². The van der Waals surface area contributed by atoms with Crippen molar-refractivity contribution in [2.24, 2.45) is 9.98 Å². The fraction of sp³-hybridized carbons (Fsp3) is 0.0435. The molecule has 0 saturated carbocycles. The molecule has 2 aliphatic heterocycles. The van der Waals surface area contributed by atoms with Gasteiger partial charge >= 0.3 is 0 Å². The molecule has 0 radical (unpaired) electrons. The third kappa shape index (κ3) is 4.83. The van der Waals surface area contributed by atoms with Crippen LogP contribution in [-0.2, 0) is 0 Å². The maximum absolute atomic E-state index is 5.35.